The largest absolute Gasteiger partial charge is 0.306 e. The van der Waals surface area contributed by atoms with Gasteiger partial charge in [0.2, 0.25) is 0 Å². The molecular weight excluding hydrogens is 268 g/mol. The van der Waals surface area contributed by atoms with E-state index in [-0.39, 0.29) is 11.6 Å². The van der Waals surface area contributed by atoms with E-state index in [4.69, 9.17) is 0 Å². The lowest BCUT2D eigenvalue weighted by Gasteiger charge is -2.21. The van der Waals surface area contributed by atoms with Crippen LogP contribution in [0, 0.1) is 25.5 Å². The topological polar surface area (TPSA) is 12.0 Å². The lowest BCUT2D eigenvalue weighted by molar-refractivity contribution is 0.519. The molecule has 1 N–H and O–H groups in total. The van der Waals surface area contributed by atoms with Gasteiger partial charge < -0.3 is 5.32 Å². The summed E-state index contributed by atoms with van der Waals surface area (Å²) in [5.41, 5.74) is 2.91. The molecule has 112 valence electrons. The summed E-state index contributed by atoms with van der Waals surface area (Å²) in [7, 11) is 0. The third kappa shape index (κ3) is 3.67. The van der Waals surface area contributed by atoms with Crippen LogP contribution in [-0.4, -0.2) is 6.54 Å². The Morgan fingerprint density at radius 2 is 1.38 bits per heavy atom. The smallest absolute Gasteiger partial charge is 0.128 e. The van der Waals surface area contributed by atoms with Crippen LogP contribution in [0.2, 0.25) is 0 Å². The maximum Gasteiger partial charge on any atom is 0.128 e. The molecule has 3 heteroatoms. The Morgan fingerprint density at radius 1 is 0.905 bits per heavy atom. The molecule has 0 radical (unpaired) electrons. The predicted octanol–water partition coefficient (Wildman–Crippen LogP) is 4.67. The molecule has 2 aromatic rings. The van der Waals surface area contributed by atoms with Crippen LogP contribution in [0.3, 0.4) is 0 Å². The Balaban J connectivity index is 2.52. The highest BCUT2D eigenvalue weighted by Crippen LogP contribution is 2.28. The molecule has 0 saturated carbocycles. The van der Waals surface area contributed by atoms with E-state index in [1.165, 1.54) is 12.1 Å². The number of nitrogens with one attached hydrogen (secondary N) is 1. The van der Waals surface area contributed by atoms with Gasteiger partial charge in [-0.3, -0.25) is 0 Å². The third-order valence-corrected chi connectivity index (χ3v) is 3.52. The molecule has 0 atom stereocenters. The summed E-state index contributed by atoms with van der Waals surface area (Å²) in [5, 5.41) is 3.26. The summed E-state index contributed by atoms with van der Waals surface area (Å²) in [6, 6.07) is 9.43. The first-order valence-electron chi connectivity index (χ1n) is 7.28. The van der Waals surface area contributed by atoms with E-state index >= 15 is 0 Å². The van der Waals surface area contributed by atoms with E-state index < -0.39 is 6.04 Å². The minimum Gasteiger partial charge on any atom is -0.306 e. The van der Waals surface area contributed by atoms with Crippen molar-refractivity contribution >= 4 is 0 Å². The summed E-state index contributed by atoms with van der Waals surface area (Å²) in [6.45, 7) is 6.55. The van der Waals surface area contributed by atoms with Crippen molar-refractivity contribution in [3.8, 4) is 0 Å². The Labute approximate surface area is 125 Å². The second-order valence-corrected chi connectivity index (χ2v) is 5.44. The van der Waals surface area contributed by atoms with Gasteiger partial charge in [0, 0.05) is 11.1 Å². The molecule has 0 aromatic heterocycles. The van der Waals surface area contributed by atoms with Gasteiger partial charge in [0.1, 0.15) is 11.6 Å². The van der Waals surface area contributed by atoms with E-state index in [0.717, 1.165) is 17.5 Å². The average molecular weight is 289 g/mol. The summed E-state index contributed by atoms with van der Waals surface area (Å²) < 4.78 is 28.4. The fourth-order valence-electron chi connectivity index (χ4n) is 2.44. The zero-order valence-electron chi connectivity index (χ0n) is 12.7. The van der Waals surface area contributed by atoms with E-state index in [1.54, 1.807) is 24.3 Å². The van der Waals surface area contributed by atoms with Gasteiger partial charge in [0.25, 0.3) is 0 Å². The van der Waals surface area contributed by atoms with Gasteiger partial charge in [-0.2, -0.15) is 0 Å². The van der Waals surface area contributed by atoms with Crippen molar-refractivity contribution in [2.45, 2.75) is 33.2 Å². The van der Waals surface area contributed by atoms with Crippen LogP contribution in [0.5, 0.6) is 0 Å². The molecule has 0 spiro atoms. The first-order valence-corrected chi connectivity index (χ1v) is 7.28. The molecule has 0 bridgehead atoms. The Bertz CT molecular complexity index is 571. The summed E-state index contributed by atoms with van der Waals surface area (Å²) in [6.07, 6.45) is 0.900. The van der Waals surface area contributed by atoms with Crippen LogP contribution in [0.1, 0.15) is 41.6 Å². The second-order valence-electron chi connectivity index (χ2n) is 5.44. The Kier molecular flexibility index (Phi) is 5.07. The van der Waals surface area contributed by atoms with Crippen LogP contribution < -0.4 is 5.32 Å². The van der Waals surface area contributed by atoms with Gasteiger partial charge in [-0.25, -0.2) is 8.78 Å². The van der Waals surface area contributed by atoms with E-state index in [0.29, 0.717) is 17.7 Å². The molecular formula is C18H21F2N. The SMILES string of the molecule is CCCNC(c1cc(C)ccc1F)c1cc(C)ccc1F. The van der Waals surface area contributed by atoms with E-state index in [9.17, 15) is 8.78 Å². The monoisotopic (exact) mass is 289 g/mol. The van der Waals surface area contributed by atoms with Crippen molar-refractivity contribution in [3.05, 3.63) is 70.3 Å². The van der Waals surface area contributed by atoms with Crippen molar-refractivity contribution in [1.82, 2.24) is 5.32 Å². The Morgan fingerprint density at radius 3 is 1.81 bits per heavy atom. The second kappa shape index (κ2) is 6.81. The van der Waals surface area contributed by atoms with Gasteiger partial charge in [0.15, 0.2) is 0 Å². The molecule has 0 aliphatic carbocycles. The third-order valence-electron chi connectivity index (χ3n) is 3.52. The highest BCUT2D eigenvalue weighted by atomic mass is 19.1. The molecule has 0 amide bonds. The number of halogens is 2. The highest BCUT2D eigenvalue weighted by molar-refractivity contribution is 5.37. The first kappa shape index (κ1) is 15.6. The van der Waals surface area contributed by atoms with Crippen molar-refractivity contribution in [2.75, 3.05) is 6.54 Å². The lowest BCUT2D eigenvalue weighted by atomic mass is 9.95. The molecule has 2 rings (SSSR count). The van der Waals surface area contributed by atoms with Gasteiger partial charge >= 0.3 is 0 Å². The molecule has 0 fully saturated rings. The minimum atomic E-state index is -0.468. The molecule has 2 aromatic carbocycles. The van der Waals surface area contributed by atoms with Crippen LogP contribution in [0.4, 0.5) is 8.78 Å². The maximum absolute atomic E-state index is 14.2. The van der Waals surface area contributed by atoms with Crippen LogP contribution in [0.25, 0.3) is 0 Å². The van der Waals surface area contributed by atoms with Crippen molar-refractivity contribution in [1.29, 1.82) is 0 Å². The predicted molar refractivity (Wildman–Crippen MR) is 82.4 cm³/mol. The number of benzene rings is 2. The molecule has 0 saturated heterocycles. The summed E-state index contributed by atoms with van der Waals surface area (Å²) in [5.74, 6) is -0.620. The molecule has 0 heterocycles. The van der Waals surface area contributed by atoms with Gasteiger partial charge in [-0.15, -0.1) is 0 Å². The minimum absolute atomic E-state index is 0.310. The number of hydrogen-bond donors (Lipinski definition) is 1. The number of aryl methyl sites for hydroxylation is 2. The maximum atomic E-state index is 14.2. The first-order chi connectivity index (χ1) is 10.0. The molecule has 0 aliphatic rings. The van der Waals surface area contributed by atoms with Gasteiger partial charge in [-0.1, -0.05) is 42.3 Å². The quantitative estimate of drug-likeness (QED) is 0.843. The van der Waals surface area contributed by atoms with Crippen molar-refractivity contribution in [3.63, 3.8) is 0 Å². The summed E-state index contributed by atoms with van der Waals surface area (Å²) >= 11 is 0. The zero-order valence-corrected chi connectivity index (χ0v) is 12.7. The van der Waals surface area contributed by atoms with Gasteiger partial charge in [-0.05, 0) is 38.9 Å². The van der Waals surface area contributed by atoms with Crippen LogP contribution in [-0.2, 0) is 0 Å². The molecule has 0 aliphatic heterocycles. The van der Waals surface area contributed by atoms with E-state index in [2.05, 4.69) is 5.32 Å². The fraction of sp³-hybridized carbons (Fsp3) is 0.333. The molecule has 21 heavy (non-hydrogen) atoms. The fourth-order valence-corrected chi connectivity index (χ4v) is 2.44. The van der Waals surface area contributed by atoms with Crippen molar-refractivity contribution in [2.24, 2.45) is 0 Å². The zero-order chi connectivity index (χ0) is 15.4. The normalized spacial score (nSPS) is 11.1. The Hall–Kier alpha value is -1.74. The molecule has 1 nitrogen and oxygen atoms in total. The number of rotatable bonds is 5. The highest BCUT2D eigenvalue weighted by Gasteiger charge is 2.20. The van der Waals surface area contributed by atoms with Crippen LogP contribution in [0.15, 0.2) is 36.4 Å². The number of hydrogen-bond acceptors (Lipinski definition) is 1. The van der Waals surface area contributed by atoms with Crippen molar-refractivity contribution < 1.29 is 8.78 Å². The van der Waals surface area contributed by atoms with Crippen LogP contribution >= 0.6 is 0 Å². The summed E-state index contributed by atoms with van der Waals surface area (Å²) in [4.78, 5) is 0. The standard InChI is InChI=1S/C18H21F2N/c1-4-9-21-18(14-10-12(2)5-7-16(14)19)15-11-13(3)6-8-17(15)20/h5-8,10-11,18,21H,4,9H2,1-3H3. The van der Waals surface area contributed by atoms with E-state index in [1.807, 2.05) is 20.8 Å². The van der Waals surface area contributed by atoms with Gasteiger partial charge in [0.05, 0.1) is 6.04 Å². The molecule has 0 unspecified atom stereocenters. The lowest BCUT2D eigenvalue weighted by Crippen LogP contribution is -2.25. The average Bonchev–Trinajstić information content (AvgIpc) is 2.46.